The van der Waals surface area contributed by atoms with E-state index in [1.54, 1.807) is 42.6 Å². The lowest BCUT2D eigenvalue weighted by Crippen LogP contribution is -2.51. The van der Waals surface area contributed by atoms with Gasteiger partial charge in [-0.15, -0.1) is 4.91 Å². The Morgan fingerprint density at radius 2 is 1.73 bits per heavy atom. The fourth-order valence-electron chi connectivity index (χ4n) is 6.01. The molecule has 0 spiro atoms. The SMILES string of the molecule is O=NC(=O)c1ccc(-c2cccc(-c3c(-c4ncccc4N4CC(O)C4)c4cc(F)ccc4n3[S+]([O-])c3ccc(C(F)F)cc3)c2)c(Cl)c1. The van der Waals surface area contributed by atoms with Crippen LogP contribution in [0, 0.1) is 10.7 Å². The molecule has 3 heterocycles. The van der Waals surface area contributed by atoms with E-state index in [1.807, 2.05) is 11.0 Å². The van der Waals surface area contributed by atoms with Gasteiger partial charge in [0.15, 0.2) is 4.90 Å². The van der Waals surface area contributed by atoms with E-state index in [0.717, 1.165) is 0 Å². The van der Waals surface area contributed by atoms with Gasteiger partial charge in [-0.25, -0.2) is 13.2 Å². The van der Waals surface area contributed by atoms with E-state index in [0.29, 0.717) is 63.3 Å². The van der Waals surface area contributed by atoms with Gasteiger partial charge in [-0.1, -0.05) is 35.9 Å². The molecule has 1 amide bonds. The van der Waals surface area contributed by atoms with E-state index < -0.39 is 35.6 Å². The molecule has 7 rings (SSSR count). The molecule has 4 aromatic carbocycles. The van der Waals surface area contributed by atoms with Gasteiger partial charge in [-0.3, -0.25) is 9.78 Å². The quantitative estimate of drug-likeness (QED) is 0.126. The topological polar surface area (TPSA) is 111 Å². The number of rotatable bonds is 8. The average Bonchev–Trinajstić information content (AvgIpc) is 3.43. The number of carbonyl (C=O) groups is 1. The number of amides is 1. The highest BCUT2D eigenvalue weighted by Gasteiger charge is 2.33. The Bertz CT molecular complexity index is 2240. The van der Waals surface area contributed by atoms with Crippen molar-refractivity contribution in [3.8, 4) is 33.6 Å². The van der Waals surface area contributed by atoms with E-state index in [1.165, 1.54) is 58.6 Å². The van der Waals surface area contributed by atoms with Crippen molar-refractivity contribution in [2.45, 2.75) is 17.4 Å². The van der Waals surface area contributed by atoms with E-state index in [2.05, 4.69) is 5.18 Å². The van der Waals surface area contributed by atoms with Crippen molar-refractivity contribution in [3.05, 3.63) is 130 Å². The van der Waals surface area contributed by atoms with Crippen molar-refractivity contribution < 1.29 is 27.6 Å². The van der Waals surface area contributed by atoms with Crippen LogP contribution in [-0.4, -0.2) is 43.7 Å². The molecule has 13 heteroatoms. The number of halogens is 4. The number of aromatic nitrogens is 2. The van der Waals surface area contributed by atoms with Gasteiger partial charge in [0.1, 0.15) is 22.9 Å². The zero-order valence-electron chi connectivity index (χ0n) is 25.3. The molecule has 8 nitrogen and oxygen atoms in total. The fraction of sp³-hybridized carbons (Fsp3) is 0.111. The minimum absolute atomic E-state index is 0.0244. The second kappa shape index (κ2) is 13.1. The third-order valence-corrected chi connectivity index (χ3v) is 10.1. The minimum atomic E-state index is -2.71. The first-order chi connectivity index (χ1) is 23.6. The van der Waals surface area contributed by atoms with Crippen LogP contribution in [0.15, 0.2) is 113 Å². The summed E-state index contributed by atoms with van der Waals surface area (Å²) >= 11 is 4.55. The van der Waals surface area contributed by atoms with E-state index >= 15 is 4.39 Å². The summed E-state index contributed by atoms with van der Waals surface area (Å²) in [4.78, 5) is 29.6. The van der Waals surface area contributed by atoms with Gasteiger partial charge in [-0.2, -0.15) is 3.97 Å². The number of alkyl halides is 2. The third-order valence-electron chi connectivity index (χ3n) is 8.36. The van der Waals surface area contributed by atoms with Crippen LogP contribution < -0.4 is 4.90 Å². The Morgan fingerprint density at radius 1 is 0.980 bits per heavy atom. The molecule has 246 valence electrons. The van der Waals surface area contributed by atoms with Crippen molar-refractivity contribution in [2.75, 3.05) is 18.0 Å². The van der Waals surface area contributed by atoms with Crippen molar-refractivity contribution in [3.63, 3.8) is 0 Å². The van der Waals surface area contributed by atoms with Gasteiger partial charge in [0.05, 0.1) is 23.0 Å². The van der Waals surface area contributed by atoms with Gasteiger partial charge < -0.3 is 14.6 Å². The first-order valence-electron chi connectivity index (χ1n) is 15.0. The predicted molar refractivity (Wildman–Crippen MR) is 183 cm³/mol. The Morgan fingerprint density at radius 3 is 2.43 bits per heavy atom. The molecule has 6 aromatic rings. The largest absolute Gasteiger partial charge is 0.587 e. The molecular formula is C36H24ClF3N4O4S. The lowest BCUT2D eigenvalue weighted by molar-refractivity contribution is 0.100. The van der Waals surface area contributed by atoms with Crippen molar-refractivity contribution in [1.82, 2.24) is 8.96 Å². The lowest BCUT2D eigenvalue weighted by Gasteiger charge is -2.38. The molecule has 1 aliphatic rings. The average molecular weight is 701 g/mol. The van der Waals surface area contributed by atoms with Gasteiger partial charge >= 0.3 is 5.91 Å². The summed E-state index contributed by atoms with van der Waals surface area (Å²) in [5.74, 6) is -1.50. The van der Waals surface area contributed by atoms with Crippen molar-refractivity contribution in [2.24, 2.45) is 5.18 Å². The molecular weight excluding hydrogens is 677 g/mol. The van der Waals surface area contributed by atoms with E-state index in [-0.39, 0.29) is 21.0 Å². The number of benzene rings is 4. The van der Waals surface area contributed by atoms with Crippen LogP contribution in [0.3, 0.4) is 0 Å². The number of aliphatic hydroxyl groups excluding tert-OH is 1. The number of nitroso groups, excluding NO2 is 1. The lowest BCUT2D eigenvalue weighted by atomic mass is 9.96. The Hall–Kier alpha value is -5.01. The first-order valence-corrected chi connectivity index (χ1v) is 16.4. The molecule has 0 aliphatic carbocycles. The van der Waals surface area contributed by atoms with Crippen LogP contribution >= 0.6 is 11.6 Å². The van der Waals surface area contributed by atoms with Gasteiger partial charge in [0.2, 0.25) is 0 Å². The number of nitrogens with zero attached hydrogens (tertiary/aromatic N) is 4. The van der Waals surface area contributed by atoms with Crippen molar-refractivity contribution in [1.29, 1.82) is 0 Å². The Balaban J connectivity index is 1.50. The number of hydrogen-bond donors (Lipinski definition) is 1. The van der Waals surface area contributed by atoms with Gasteiger partial charge in [0, 0.05) is 62.7 Å². The minimum Gasteiger partial charge on any atom is -0.587 e. The number of fused-ring (bicyclic) bond motifs is 1. The third kappa shape index (κ3) is 5.97. The highest BCUT2D eigenvalue weighted by atomic mass is 35.5. The van der Waals surface area contributed by atoms with Crippen LogP contribution in [0.4, 0.5) is 18.9 Å². The molecule has 1 atom stereocenters. The van der Waals surface area contributed by atoms with Crippen molar-refractivity contribution >= 4 is 45.5 Å². The maximum absolute atomic E-state index is 15.1. The molecule has 0 radical (unpaired) electrons. The normalized spacial score (nSPS) is 13.9. The number of pyridine rings is 1. The summed E-state index contributed by atoms with van der Waals surface area (Å²) in [6.07, 6.45) is -1.64. The molecule has 1 N–H and O–H groups in total. The molecule has 1 fully saturated rings. The predicted octanol–water partition coefficient (Wildman–Crippen LogP) is 8.43. The summed E-state index contributed by atoms with van der Waals surface area (Å²) in [5, 5.41) is 13.1. The summed E-state index contributed by atoms with van der Waals surface area (Å²) < 4.78 is 58.0. The molecule has 0 bridgehead atoms. The standard InChI is InChI=1S/C36H24ClF3N4O4S/c37-29-16-23(36(46)42-47)8-12-27(29)21-3-1-4-22(15-21)34-32(33-31(5-2-14-41-33)43-18-25(45)19-43)28-17-24(38)9-13-30(28)44(34)49(48)26-10-6-20(7-11-26)35(39)40/h1-17,25,35,45H,18-19H2. The monoisotopic (exact) mass is 700 g/mol. The number of hydrogen-bond acceptors (Lipinski definition) is 6. The molecule has 2 aromatic heterocycles. The van der Waals surface area contributed by atoms with Crippen LogP contribution in [0.2, 0.25) is 5.02 Å². The Labute approximate surface area is 285 Å². The van der Waals surface area contributed by atoms with Crippen LogP contribution in [-0.2, 0) is 11.4 Å². The summed E-state index contributed by atoms with van der Waals surface area (Å²) in [6.45, 7) is 0.713. The van der Waals surface area contributed by atoms with E-state index in [9.17, 15) is 28.1 Å². The second-order valence-corrected chi connectivity index (χ2v) is 13.1. The van der Waals surface area contributed by atoms with E-state index in [4.69, 9.17) is 16.6 Å². The summed E-state index contributed by atoms with van der Waals surface area (Å²) in [5.41, 5.74) is 3.85. The van der Waals surface area contributed by atoms with Crippen LogP contribution in [0.25, 0.3) is 44.5 Å². The molecule has 1 aliphatic heterocycles. The van der Waals surface area contributed by atoms with Crippen LogP contribution in [0.5, 0.6) is 0 Å². The van der Waals surface area contributed by atoms with Gasteiger partial charge in [-0.05, 0) is 78.4 Å². The molecule has 1 saturated heterocycles. The number of anilines is 1. The fourth-order valence-corrected chi connectivity index (χ4v) is 7.58. The first kappa shape index (κ1) is 32.5. The maximum atomic E-state index is 15.1. The smallest absolute Gasteiger partial charge is 0.316 e. The second-order valence-electron chi connectivity index (χ2n) is 11.4. The highest BCUT2D eigenvalue weighted by molar-refractivity contribution is 7.90. The molecule has 1 unspecified atom stereocenters. The summed E-state index contributed by atoms with van der Waals surface area (Å²) in [7, 11) is 0. The molecule has 49 heavy (non-hydrogen) atoms. The zero-order valence-corrected chi connectivity index (χ0v) is 26.8. The maximum Gasteiger partial charge on any atom is 0.316 e. The number of carbonyl (C=O) groups excluding carboxylic acids is 1. The van der Waals surface area contributed by atoms with Gasteiger partial charge in [0.25, 0.3) is 6.43 Å². The Kier molecular flexibility index (Phi) is 8.72. The molecule has 0 saturated carbocycles. The number of aliphatic hydroxyl groups is 1. The zero-order chi connectivity index (χ0) is 34.4. The number of β-amino-alcohol motifs (C(OH)–C–C–N with tert-alkyl or cyclic N) is 1. The van der Waals surface area contributed by atoms with Crippen LogP contribution in [0.1, 0.15) is 22.3 Å². The highest BCUT2D eigenvalue weighted by Crippen LogP contribution is 2.46. The summed E-state index contributed by atoms with van der Waals surface area (Å²) in [6, 6.07) is 24.3.